The molecule has 1 aromatic carbocycles. The van der Waals surface area contributed by atoms with Crippen LogP contribution in [0, 0.1) is 0 Å². The third kappa shape index (κ3) is 5.68. The van der Waals surface area contributed by atoms with Crippen molar-refractivity contribution in [1.82, 2.24) is 4.72 Å². The molecule has 0 atom stereocenters. The molecule has 0 amide bonds. The van der Waals surface area contributed by atoms with E-state index in [1.165, 1.54) is 12.1 Å². The summed E-state index contributed by atoms with van der Waals surface area (Å²) in [5.74, 6) is -0.468. The van der Waals surface area contributed by atoms with Crippen LogP contribution in [0.5, 0.6) is 0 Å². The molecule has 0 unspecified atom stereocenters. The second kappa shape index (κ2) is 6.47. The molecule has 0 saturated carbocycles. The normalized spacial score (nSPS) is 12.5. The average molecular weight is 307 g/mol. The minimum absolute atomic E-state index is 0.0190. The molecule has 19 heavy (non-hydrogen) atoms. The largest absolute Gasteiger partial charge is 0.286 e. The highest BCUT2D eigenvalue weighted by molar-refractivity contribution is 7.89. The molecule has 0 saturated heterocycles. The molecule has 1 rings (SSSR count). The van der Waals surface area contributed by atoms with Gasteiger partial charge in [-0.15, -0.1) is 0 Å². The highest BCUT2D eigenvalue weighted by Crippen LogP contribution is 2.10. The van der Waals surface area contributed by atoms with Gasteiger partial charge in [0.2, 0.25) is 10.0 Å². The van der Waals surface area contributed by atoms with E-state index < -0.39 is 25.9 Å². The topological polar surface area (TPSA) is 101 Å². The van der Waals surface area contributed by atoms with Gasteiger partial charge in [-0.05, 0) is 30.5 Å². The van der Waals surface area contributed by atoms with Crippen LogP contribution in [0.15, 0.2) is 29.2 Å². The van der Waals surface area contributed by atoms with E-state index in [2.05, 4.69) is 4.72 Å². The van der Waals surface area contributed by atoms with E-state index >= 15 is 0 Å². The number of hydrogen-bond acceptors (Lipinski definition) is 4. The van der Waals surface area contributed by atoms with Crippen LogP contribution in [0.25, 0.3) is 0 Å². The molecular weight excluding hydrogens is 290 g/mol. The zero-order valence-electron chi connectivity index (χ0n) is 10.5. The summed E-state index contributed by atoms with van der Waals surface area (Å²) in [5, 5.41) is 0. The van der Waals surface area contributed by atoms with E-state index in [4.69, 9.17) is 4.55 Å². The molecule has 0 bridgehead atoms. The number of benzene rings is 1. The Bertz CT molecular complexity index is 605. The van der Waals surface area contributed by atoms with Gasteiger partial charge in [-0.2, -0.15) is 8.42 Å². The minimum Gasteiger partial charge on any atom is -0.286 e. The summed E-state index contributed by atoms with van der Waals surface area (Å²) in [6, 6.07) is 6.47. The molecule has 0 aliphatic carbocycles. The second-order valence-corrected chi connectivity index (χ2v) is 7.37. The van der Waals surface area contributed by atoms with Crippen molar-refractivity contribution in [2.24, 2.45) is 0 Å². The highest BCUT2D eigenvalue weighted by atomic mass is 32.2. The van der Waals surface area contributed by atoms with Crippen LogP contribution in [0.3, 0.4) is 0 Å². The van der Waals surface area contributed by atoms with Gasteiger partial charge < -0.3 is 0 Å². The zero-order chi connectivity index (χ0) is 14.5. The first-order valence-electron chi connectivity index (χ1n) is 5.78. The molecule has 0 fully saturated rings. The molecule has 0 aliphatic heterocycles. The lowest BCUT2D eigenvalue weighted by molar-refractivity contribution is 0.480. The average Bonchev–Trinajstić information content (AvgIpc) is 2.34. The van der Waals surface area contributed by atoms with Crippen LogP contribution in [-0.4, -0.2) is 33.7 Å². The van der Waals surface area contributed by atoms with Crippen molar-refractivity contribution < 1.29 is 21.4 Å². The summed E-state index contributed by atoms with van der Waals surface area (Å²) in [5.41, 5.74) is 1.03. The van der Waals surface area contributed by atoms with E-state index in [0.29, 0.717) is 0 Å². The van der Waals surface area contributed by atoms with Gasteiger partial charge >= 0.3 is 0 Å². The molecule has 2 N–H and O–H groups in total. The lowest BCUT2D eigenvalue weighted by Crippen LogP contribution is -2.26. The summed E-state index contributed by atoms with van der Waals surface area (Å²) >= 11 is 0. The van der Waals surface area contributed by atoms with Gasteiger partial charge in [0, 0.05) is 6.54 Å². The van der Waals surface area contributed by atoms with Crippen molar-refractivity contribution in [3.8, 4) is 0 Å². The number of nitrogens with one attached hydrogen (secondary N) is 1. The third-order valence-corrected chi connectivity index (χ3v) is 4.79. The molecule has 1 aromatic rings. The van der Waals surface area contributed by atoms with Crippen LogP contribution in [0.1, 0.15) is 18.9 Å². The van der Waals surface area contributed by atoms with Gasteiger partial charge in [-0.3, -0.25) is 4.55 Å². The Labute approximate surface area is 113 Å². The van der Waals surface area contributed by atoms with E-state index in [1.54, 1.807) is 12.1 Å². The maximum atomic E-state index is 11.8. The van der Waals surface area contributed by atoms with Crippen LogP contribution < -0.4 is 4.72 Å². The van der Waals surface area contributed by atoms with Crippen molar-refractivity contribution in [2.45, 2.75) is 24.7 Å². The monoisotopic (exact) mass is 307 g/mol. The number of aryl methyl sites for hydroxylation is 1. The molecule has 6 nitrogen and oxygen atoms in total. The maximum Gasteiger partial charge on any atom is 0.264 e. The number of hydrogen-bond donors (Lipinski definition) is 2. The number of sulfonamides is 1. The molecule has 0 aromatic heterocycles. The molecule has 0 aliphatic rings. The Hall–Kier alpha value is -0.960. The van der Waals surface area contributed by atoms with Crippen molar-refractivity contribution in [3.05, 3.63) is 29.8 Å². The van der Waals surface area contributed by atoms with Crippen molar-refractivity contribution in [2.75, 3.05) is 12.3 Å². The van der Waals surface area contributed by atoms with Gasteiger partial charge in [0.15, 0.2) is 0 Å². The van der Waals surface area contributed by atoms with Gasteiger partial charge in [0.25, 0.3) is 10.1 Å². The van der Waals surface area contributed by atoms with E-state index in [9.17, 15) is 16.8 Å². The zero-order valence-corrected chi connectivity index (χ0v) is 12.2. The van der Waals surface area contributed by atoms with Gasteiger partial charge in [-0.1, -0.05) is 19.1 Å². The van der Waals surface area contributed by atoms with E-state index in [0.717, 1.165) is 12.0 Å². The summed E-state index contributed by atoms with van der Waals surface area (Å²) in [4.78, 5) is 0.136. The fourth-order valence-electron chi connectivity index (χ4n) is 1.45. The SMILES string of the molecule is CCc1ccc(S(=O)(=O)NCCCS(=O)(=O)O)cc1. The van der Waals surface area contributed by atoms with Crippen molar-refractivity contribution in [1.29, 1.82) is 0 Å². The Morgan fingerprint density at radius 1 is 1.11 bits per heavy atom. The maximum absolute atomic E-state index is 11.8. The van der Waals surface area contributed by atoms with E-state index in [-0.39, 0.29) is 17.9 Å². The lowest BCUT2D eigenvalue weighted by Gasteiger charge is -2.06. The van der Waals surface area contributed by atoms with Gasteiger partial charge in [0.05, 0.1) is 10.6 Å². The summed E-state index contributed by atoms with van der Waals surface area (Å²) in [6.45, 7) is 1.93. The van der Waals surface area contributed by atoms with Crippen LogP contribution >= 0.6 is 0 Å². The molecule has 0 heterocycles. The van der Waals surface area contributed by atoms with Crippen LogP contribution in [0.2, 0.25) is 0 Å². The van der Waals surface area contributed by atoms with Crippen molar-refractivity contribution in [3.63, 3.8) is 0 Å². The standard InChI is InChI=1S/C11H17NO5S2/c1-2-10-4-6-11(7-5-10)19(16,17)12-8-3-9-18(13,14)15/h4-7,12H,2-3,8-9H2,1H3,(H,13,14,15). The predicted octanol–water partition coefficient (Wildman–Crippen LogP) is 0.805. The number of rotatable bonds is 7. The highest BCUT2D eigenvalue weighted by Gasteiger charge is 2.13. The molecule has 0 radical (unpaired) electrons. The quantitative estimate of drug-likeness (QED) is 0.573. The lowest BCUT2D eigenvalue weighted by atomic mass is 10.2. The van der Waals surface area contributed by atoms with Crippen LogP contribution in [-0.2, 0) is 26.6 Å². The first-order chi connectivity index (χ1) is 8.74. The first-order valence-corrected chi connectivity index (χ1v) is 8.87. The third-order valence-electron chi connectivity index (χ3n) is 2.51. The summed E-state index contributed by atoms with van der Waals surface area (Å²) < 4.78 is 55.4. The molecule has 0 spiro atoms. The molecule has 108 valence electrons. The first kappa shape index (κ1) is 16.1. The summed E-state index contributed by atoms with van der Waals surface area (Å²) in [6.07, 6.45) is 0.840. The van der Waals surface area contributed by atoms with Gasteiger partial charge in [-0.25, -0.2) is 13.1 Å². The Morgan fingerprint density at radius 2 is 1.68 bits per heavy atom. The fraction of sp³-hybridized carbons (Fsp3) is 0.455. The molecular formula is C11H17NO5S2. The van der Waals surface area contributed by atoms with Crippen LogP contribution in [0.4, 0.5) is 0 Å². The minimum atomic E-state index is -4.05. The van der Waals surface area contributed by atoms with E-state index in [1.807, 2.05) is 6.92 Å². The molecule has 8 heteroatoms. The van der Waals surface area contributed by atoms with Crippen molar-refractivity contribution >= 4 is 20.1 Å². The Kier molecular flexibility index (Phi) is 5.48. The summed E-state index contributed by atoms with van der Waals surface area (Å²) in [7, 11) is -7.68. The Balaban J connectivity index is 2.60. The Morgan fingerprint density at radius 3 is 2.16 bits per heavy atom. The fourth-order valence-corrected chi connectivity index (χ4v) is 3.03. The smallest absolute Gasteiger partial charge is 0.264 e. The predicted molar refractivity (Wildman–Crippen MR) is 72.0 cm³/mol. The van der Waals surface area contributed by atoms with Gasteiger partial charge in [0.1, 0.15) is 0 Å². The second-order valence-electron chi connectivity index (χ2n) is 4.03.